The molecule has 1 aliphatic heterocycles. The van der Waals surface area contributed by atoms with Gasteiger partial charge in [0.25, 0.3) is 5.91 Å². The number of rotatable bonds is 4. The summed E-state index contributed by atoms with van der Waals surface area (Å²) in [5.41, 5.74) is 0. The first kappa shape index (κ1) is 16.7. The van der Waals surface area contributed by atoms with E-state index in [9.17, 15) is 18.7 Å². The number of ether oxygens (including phenoxy) is 1. The number of aliphatic hydroxyl groups is 1. The highest BCUT2D eigenvalue weighted by atomic mass is 19.2. The Kier molecular flexibility index (Phi) is 5.34. The van der Waals surface area contributed by atoms with E-state index in [0.29, 0.717) is 13.1 Å². The Labute approximate surface area is 128 Å². The largest absolute Gasteiger partial charge is 0.481 e. The zero-order valence-corrected chi connectivity index (χ0v) is 12.8. The van der Waals surface area contributed by atoms with Crippen molar-refractivity contribution in [2.75, 3.05) is 13.1 Å². The van der Waals surface area contributed by atoms with Crippen molar-refractivity contribution in [1.29, 1.82) is 0 Å². The molecule has 0 aliphatic carbocycles. The molecule has 1 saturated heterocycles. The van der Waals surface area contributed by atoms with Crippen LogP contribution in [0.2, 0.25) is 0 Å². The number of amides is 1. The first-order valence-electron chi connectivity index (χ1n) is 7.47. The zero-order chi connectivity index (χ0) is 16.3. The molecule has 6 heteroatoms. The minimum atomic E-state index is -1.01. The fraction of sp³-hybridized carbons (Fsp3) is 0.562. The van der Waals surface area contributed by atoms with Crippen molar-refractivity contribution in [3.05, 3.63) is 29.8 Å². The summed E-state index contributed by atoms with van der Waals surface area (Å²) in [6, 6.07) is 3.18. The van der Waals surface area contributed by atoms with Gasteiger partial charge in [-0.05, 0) is 38.8 Å². The van der Waals surface area contributed by atoms with E-state index in [4.69, 9.17) is 4.74 Å². The van der Waals surface area contributed by atoms with Crippen molar-refractivity contribution < 1.29 is 23.4 Å². The normalized spacial score (nSPS) is 21.3. The van der Waals surface area contributed by atoms with Gasteiger partial charge in [0.05, 0.1) is 6.10 Å². The molecular formula is C16H21F2NO3. The average Bonchev–Trinajstić information content (AvgIpc) is 2.50. The Morgan fingerprint density at radius 2 is 2.09 bits per heavy atom. The quantitative estimate of drug-likeness (QED) is 0.928. The molecule has 4 nitrogen and oxygen atoms in total. The maximum atomic E-state index is 13.1. The number of carbonyl (C=O) groups excluding carboxylic acids is 1. The van der Waals surface area contributed by atoms with E-state index in [-0.39, 0.29) is 17.6 Å². The molecule has 0 saturated carbocycles. The van der Waals surface area contributed by atoms with Crippen LogP contribution in [-0.2, 0) is 4.79 Å². The highest BCUT2D eigenvalue weighted by molar-refractivity contribution is 5.81. The molecule has 1 aliphatic rings. The van der Waals surface area contributed by atoms with E-state index >= 15 is 0 Å². The fourth-order valence-electron chi connectivity index (χ4n) is 2.67. The van der Waals surface area contributed by atoms with E-state index < -0.39 is 23.8 Å². The average molecular weight is 313 g/mol. The number of benzene rings is 1. The molecule has 1 fully saturated rings. The van der Waals surface area contributed by atoms with Crippen LogP contribution in [-0.4, -0.2) is 41.2 Å². The summed E-state index contributed by atoms with van der Waals surface area (Å²) in [6.45, 7) is 4.41. The van der Waals surface area contributed by atoms with Crippen LogP contribution in [0.25, 0.3) is 0 Å². The van der Waals surface area contributed by atoms with Crippen molar-refractivity contribution in [2.24, 2.45) is 5.92 Å². The van der Waals surface area contributed by atoms with Gasteiger partial charge in [0.15, 0.2) is 17.7 Å². The maximum absolute atomic E-state index is 13.1. The number of likely N-dealkylation sites (tertiary alicyclic amines) is 1. The molecule has 1 heterocycles. The SMILES string of the molecule is CC(Oc1ccc(F)c(F)c1)C(=O)N1CCCC(C(C)O)C1. The van der Waals surface area contributed by atoms with E-state index in [1.807, 2.05) is 0 Å². The first-order chi connectivity index (χ1) is 10.4. The molecule has 22 heavy (non-hydrogen) atoms. The standard InChI is InChI=1S/C16H21F2NO3/c1-10(20)12-4-3-7-19(9-12)16(21)11(2)22-13-5-6-14(17)15(18)8-13/h5-6,8,10-12,20H,3-4,7,9H2,1-2H3. The van der Waals surface area contributed by atoms with Gasteiger partial charge >= 0.3 is 0 Å². The van der Waals surface area contributed by atoms with E-state index in [2.05, 4.69) is 0 Å². The number of hydrogen-bond donors (Lipinski definition) is 1. The van der Waals surface area contributed by atoms with Crippen LogP contribution >= 0.6 is 0 Å². The maximum Gasteiger partial charge on any atom is 0.263 e. The van der Waals surface area contributed by atoms with Gasteiger partial charge in [-0.15, -0.1) is 0 Å². The molecule has 122 valence electrons. The van der Waals surface area contributed by atoms with Crippen LogP contribution in [0.15, 0.2) is 18.2 Å². The molecular weight excluding hydrogens is 292 g/mol. The van der Waals surface area contributed by atoms with Gasteiger partial charge in [0.1, 0.15) is 5.75 Å². The third-order valence-corrected chi connectivity index (χ3v) is 4.00. The number of hydrogen-bond acceptors (Lipinski definition) is 3. The molecule has 3 unspecified atom stereocenters. The lowest BCUT2D eigenvalue weighted by molar-refractivity contribution is -0.140. The summed E-state index contributed by atoms with van der Waals surface area (Å²) in [4.78, 5) is 14.0. The minimum Gasteiger partial charge on any atom is -0.481 e. The van der Waals surface area contributed by atoms with Crippen molar-refractivity contribution in [2.45, 2.75) is 38.9 Å². The van der Waals surface area contributed by atoms with E-state index in [0.717, 1.165) is 25.0 Å². The Hall–Kier alpha value is -1.69. The second-order valence-electron chi connectivity index (χ2n) is 5.76. The second kappa shape index (κ2) is 7.05. The lowest BCUT2D eigenvalue weighted by atomic mass is 9.93. The zero-order valence-electron chi connectivity index (χ0n) is 12.8. The number of carbonyl (C=O) groups is 1. The van der Waals surface area contributed by atoms with Crippen molar-refractivity contribution in [3.8, 4) is 5.75 Å². The molecule has 1 aromatic rings. The van der Waals surface area contributed by atoms with Crippen LogP contribution in [0, 0.1) is 17.6 Å². The summed E-state index contributed by atoms with van der Waals surface area (Å²) >= 11 is 0. The van der Waals surface area contributed by atoms with Crippen LogP contribution in [0.5, 0.6) is 5.75 Å². The van der Waals surface area contributed by atoms with Gasteiger partial charge in [-0.25, -0.2) is 8.78 Å². The van der Waals surface area contributed by atoms with Crippen LogP contribution in [0.1, 0.15) is 26.7 Å². The van der Waals surface area contributed by atoms with Gasteiger partial charge in [-0.1, -0.05) is 0 Å². The Morgan fingerprint density at radius 1 is 1.36 bits per heavy atom. The number of aliphatic hydroxyl groups excluding tert-OH is 1. The number of nitrogens with zero attached hydrogens (tertiary/aromatic N) is 1. The van der Waals surface area contributed by atoms with Crippen LogP contribution in [0.3, 0.4) is 0 Å². The summed E-state index contributed by atoms with van der Waals surface area (Å²) in [5, 5.41) is 9.66. The number of halogens is 2. The Balaban J connectivity index is 1.97. The smallest absolute Gasteiger partial charge is 0.263 e. The molecule has 1 N–H and O–H groups in total. The first-order valence-corrected chi connectivity index (χ1v) is 7.47. The Bertz CT molecular complexity index is 536. The highest BCUT2D eigenvalue weighted by Crippen LogP contribution is 2.22. The van der Waals surface area contributed by atoms with Crippen molar-refractivity contribution >= 4 is 5.91 Å². The molecule has 0 aromatic heterocycles. The lowest BCUT2D eigenvalue weighted by Crippen LogP contribution is -2.47. The molecule has 2 rings (SSSR count). The predicted octanol–water partition coefficient (Wildman–Crippen LogP) is 2.35. The monoisotopic (exact) mass is 313 g/mol. The highest BCUT2D eigenvalue weighted by Gasteiger charge is 2.29. The van der Waals surface area contributed by atoms with Gasteiger partial charge < -0.3 is 14.7 Å². The second-order valence-corrected chi connectivity index (χ2v) is 5.76. The summed E-state index contributed by atoms with van der Waals surface area (Å²) in [6.07, 6.45) is 0.467. The van der Waals surface area contributed by atoms with Gasteiger partial charge in [0, 0.05) is 25.1 Å². The van der Waals surface area contributed by atoms with Gasteiger partial charge in [-0.3, -0.25) is 4.79 Å². The molecule has 0 bridgehead atoms. The summed E-state index contributed by atoms with van der Waals surface area (Å²) in [5.74, 6) is -2.00. The molecule has 3 atom stereocenters. The van der Waals surface area contributed by atoms with Gasteiger partial charge in [-0.2, -0.15) is 0 Å². The lowest BCUT2D eigenvalue weighted by Gasteiger charge is -2.35. The molecule has 0 spiro atoms. The van der Waals surface area contributed by atoms with Crippen molar-refractivity contribution in [3.63, 3.8) is 0 Å². The third-order valence-electron chi connectivity index (χ3n) is 4.00. The van der Waals surface area contributed by atoms with Crippen molar-refractivity contribution in [1.82, 2.24) is 4.90 Å². The van der Waals surface area contributed by atoms with E-state index in [1.165, 1.54) is 6.07 Å². The summed E-state index contributed by atoms with van der Waals surface area (Å²) < 4.78 is 31.4. The predicted molar refractivity (Wildman–Crippen MR) is 77.4 cm³/mol. The molecule has 0 radical (unpaired) electrons. The van der Waals surface area contributed by atoms with Gasteiger partial charge in [0.2, 0.25) is 0 Å². The Morgan fingerprint density at radius 3 is 2.73 bits per heavy atom. The third kappa shape index (κ3) is 3.94. The van der Waals surface area contributed by atoms with Crippen LogP contribution in [0.4, 0.5) is 8.78 Å². The molecule has 1 aromatic carbocycles. The number of piperidine rings is 1. The fourth-order valence-corrected chi connectivity index (χ4v) is 2.67. The summed E-state index contributed by atoms with van der Waals surface area (Å²) in [7, 11) is 0. The van der Waals surface area contributed by atoms with Crippen LogP contribution < -0.4 is 4.74 Å². The molecule has 1 amide bonds. The van der Waals surface area contributed by atoms with E-state index in [1.54, 1.807) is 18.7 Å². The topological polar surface area (TPSA) is 49.8 Å². The minimum absolute atomic E-state index is 0.0631.